The van der Waals surface area contributed by atoms with Crippen molar-refractivity contribution in [2.45, 2.75) is 26.3 Å². The Bertz CT molecular complexity index is 517. The highest BCUT2D eigenvalue weighted by Crippen LogP contribution is 2.09. The zero-order valence-corrected chi connectivity index (χ0v) is 8.43. The van der Waals surface area contributed by atoms with E-state index in [0.717, 1.165) is 0 Å². The smallest absolute Gasteiger partial charge is 0.246 e. The Kier molecular flexibility index (Phi) is 1.70. The second-order valence-corrected chi connectivity index (χ2v) is 4.17. The lowest BCUT2D eigenvalue weighted by atomic mass is 10.1. The molecule has 0 atom stereocenters. The fraction of sp³-hybridized carbons (Fsp3) is 0.444. The molecule has 5 nitrogen and oxygen atoms in total. The highest BCUT2D eigenvalue weighted by atomic mass is 16.2. The van der Waals surface area contributed by atoms with E-state index < -0.39 is 0 Å². The molecule has 0 aliphatic rings. The molecule has 0 aromatic carbocycles. The third-order valence-corrected chi connectivity index (χ3v) is 1.96. The van der Waals surface area contributed by atoms with Crippen LogP contribution in [0.15, 0.2) is 23.4 Å². The second kappa shape index (κ2) is 2.67. The second-order valence-electron chi connectivity index (χ2n) is 4.17. The van der Waals surface area contributed by atoms with Crippen molar-refractivity contribution in [3.05, 3.63) is 29.1 Å². The van der Waals surface area contributed by atoms with Crippen molar-refractivity contribution in [2.75, 3.05) is 0 Å². The molecule has 0 unspecified atom stereocenters. The fourth-order valence-electron chi connectivity index (χ4n) is 1.27. The summed E-state index contributed by atoms with van der Waals surface area (Å²) in [7, 11) is 0. The average Bonchev–Trinajstić information content (AvgIpc) is 2.44. The summed E-state index contributed by atoms with van der Waals surface area (Å²) in [6.07, 6.45) is 3.10. The van der Waals surface area contributed by atoms with Crippen LogP contribution in [0.5, 0.6) is 0 Å². The van der Waals surface area contributed by atoms with Gasteiger partial charge in [-0.15, -0.1) is 5.10 Å². The molecule has 0 saturated heterocycles. The van der Waals surface area contributed by atoms with Crippen molar-refractivity contribution in [1.29, 1.82) is 0 Å². The first-order chi connectivity index (χ1) is 6.50. The molecular formula is C9H12N4O. The summed E-state index contributed by atoms with van der Waals surface area (Å²) in [5, 5.41) is 4.21. The van der Waals surface area contributed by atoms with E-state index in [1.165, 1.54) is 15.4 Å². The fourth-order valence-corrected chi connectivity index (χ4v) is 1.27. The molecule has 5 heteroatoms. The van der Waals surface area contributed by atoms with Gasteiger partial charge in [0.25, 0.3) is 0 Å². The predicted molar refractivity (Wildman–Crippen MR) is 52.2 cm³/mol. The Morgan fingerprint density at radius 3 is 2.64 bits per heavy atom. The van der Waals surface area contributed by atoms with E-state index in [-0.39, 0.29) is 11.2 Å². The molecule has 14 heavy (non-hydrogen) atoms. The topological polar surface area (TPSA) is 52.2 Å². The van der Waals surface area contributed by atoms with Crippen LogP contribution in [-0.4, -0.2) is 19.2 Å². The monoisotopic (exact) mass is 192 g/mol. The first kappa shape index (κ1) is 8.93. The molecule has 74 valence electrons. The molecule has 2 aromatic heterocycles. The number of rotatable bonds is 0. The molecule has 0 aliphatic carbocycles. The highest BCUT2D eigenvalue weighted by molar-refractivity contribution is 5.33. The van der Waals surface area contributed by atoms with Crippen LogP contribution in [0.2, 0.25) is 0 Å². The standard InChI is InChI=1S/C9H12N4O/c1-9(2,3)13-8(14)12-6-10-5-4-7(12)11-13/h4-6H,1-3H3. The van der Waals surface area contributed by atoms with E-state index in [0.29, 0.717) is 5.65 Å². The van der Waals surface area contributed by atoms with Crippen molar-refractivity contribution in [3.8, 4) is 0 Å². The maximum Gasteiger partial charge on any atom is 0.352 e. The van der Waals surface area contributed by atoms with Gasteiger partial charge in [0.1, 0.15) is 6.33 Å². The molecule has 0 aliphatic heterocycles. The summed E-state index contributed by atoms with van der Waals surface area (Å²) >= 11 is 0. The van der Waals surface area contributed by atoms with Gasteiger partial charge in [-0.1, -0.05) is 0 Å². The van der Waals surface area contributed by atoms with Crippen molar-refractivity contribution in [3.63, 3.8) is 0 Å². The van der Waals surface area contributed by atoms with Gasteiger partial charge in [0.2, 0.25) is 0 Å². The Morgan fingerprint density at radius 1 is 1.36 bits per heavy atom. The van der Waals surface area contributed by atoms with E-state index >= 15 is 0 Å². The van der Waals surface area contributed by atoms with Crippen molar-refractivity contribution < 1.29 is 0 Å². The quantitative estimate of drug-likeness (QED) is 0.615. The minimum atomic E-state index is -0.302. The van der Waals surface area contributed by atoms with E-state index in [1.807, 2.05) is 20.8 Å². The van der Waals surface area contributed by atoms with E-state index in [2.05, 4.69) is 10.1 Å². The summed E-state index contributed by atoms with van der Waals surface area (Å²) < 4.78 is 2.90. The summed E-state index contributed by atoms with van der Waals surface area (Å²) in [6.45, 7) is 5.82. The van der Waals surface area contributed by atoms with Gasteiger partial charge in [-0.3, -0.25) is 0 Å². The van der Waals surface area contributed by atoms with Gasteiger partial charge >= 0.3 is 5.69 Å². The van der Waals surface area contributed by atoms with E-state index in [1.54, 1.807) is 12.3 Å². The number of hydrogen-bond donors (Lipinski definition) is 0. The molecule has 2 rings (SSSR count). The molecule has 0 amide bonds. The van der Waals surface area contributed by atoms with Gasteiger partial charge in [0.15, 0.2) is 5.65 Å². The SMILES string of the molecule is CC(C)(C)n1nc2ccncn2c1=O. The number of fused-ring (bicyclic) bond motifs is 1. The van der Waals surface area contributed by atoms with Crippen LogP contribution >= 0.6 is 0 Å². The molecular weight excluding hydrogens is 180 g/mol. The van der Waals surface area contributed by atoms with Crippen LogP contribution in [0, 0.1) is 0 Å². The first-order valence-electron chi connectivity index (χ1n) is 4.42. The lowest BCUT2D eigenvalue weighted by Gasteiger charge is -2.16. The summed E-state index contributed by atoms with van der Waals surface area (Å²) in [5.74, 6) is 0. The molecule has 2 aromatic rings. The minimum Gasteiger partial charge on any atom is -0.246 e. The van der Waals surface area contributed by atoms with Gasteiger partial charge < -0.3 is 0 Å². The Labute approximate surface area is 81.0 Å². The lowest BCUT2D eigenvalue weighted by Crippen LogP contribution is -2.34. The maximum absolute atomic E-state index is 11.8. The Balaban J connectivity index is 2.82. The van der Waals surface area contributed by atoms with Crippen LogP contribution in [0.1, 0.15) is 20.8 Å². The number of hydrogen-bond acceptors (Lipinski definition) is 3. The molecule has 0 fully saturated rings. The van der Waals surface area contributed by atoms with Crippen molar-refractivity contribution in [1.82, 2.24) is 19.2 Å². The molecule has 0 bridgehead atoms. The van der Waals surface area contributed by atoms with Crippen molar-refractivity contribution in [2.24, 2.45) is 0 Å². The predicted octanol–water partition coefficient (Wildman–Crippen LogP) is 0.646. The van der Waals surface area contributed by atoms with Crippen molar-refractivity contribution >= 4 is 5.65 Å². The largest absolute Gasteiger partial charge is 0.352 e. The van der Waals surface area contributed by atoms with Crippen LogP contribution in [0.25, 0.3) is 5.65 Å². The van der Waals surface area contributed by atoms with E-state index in [4.69, 9.17) is 0 Å². The zero-order chi connectivity index (χ0) is 10.3. The average molecular weight is 192 g/mol. The highest BCUT2D eigenvalue weighted by Gasteiger charge is 2.18. The van der Waals surface area contributed by atoms with Gasteiger partial charge in [0, 0.05) is 12.3 Å². The first-order valence-corrected chi connectivity index (χ1v) is 4.42. The minimum absolute atomic E-state index is 0.152. The van der Waals surface area contributed by atoms with Crippen LogP contribution in [0.3, 0.4) is 0 Å². The van der Waals surface area contributed by atoms with Gasteiger partial charge in [-0.05, 0) is 20.8 Å². The summed E-state index contributed by atoms with van der Waals surface area (Å²) in [4.78, 5) is 15.7. The Morgan fingerprint density at radius 2 is 2.07 bits per heavy atom. The normalized spacial score (nSPS) is 12.2. The molecule has 0 radical (unpaired) electrons. The number of nitrogens with zero attached hydrogens (tertiary/aromatic N) is 4. The molecule has 0 spiro atoms. The summed E-state index contributed by atoms with van der Waals surface area (Å²) in [5.41, 5.74) is 0.170. The molecule has 2 heterocycles. The van der Waals surface area contributed by atoms with Crippen LogP contribution in [0.4, 0.5) is 0 Å². The number of aromatic nitrogens is 4. The van der Waals surface area contributed by atoms with Crippen LogP contribution in [-0.2, 0) is 5.54 Å². The van der Waals surface area contributed by atoms with Crippen LogP contribution < -0.4 is 5.69 Å². The third-order valence-electron chi connectivity index (χ3n) is 1.96. The lowest BCUT2D eigenvalue weighted by molar-refractivity contribution is 0.344. The molecule has 0 N–H and O–H groups in total. The molecule has 0 saturated carbocycles. The summed E-state index contributed by atoms with van der Waals surface area (Å²) in [6, 6.07) is 1.71. The Hall–Kier alpha value is -1.65. The van der Waals surface area contributed by atoms with Gasteiger partial charge in [0.05, 0.1) is 5.54 Å². The maximum atomic E-state index is 11.8. The third kappa shape index (κ3) is 1.21. The zero-order valence-electron chi connectivity index (χ0n) is 8.43. The van der Waals surface area contributed by atoms with Gasteiger partial charge in [-0.2, -0.15) is 0 Å². The van der Waals surface area contributed by atoms with E-state index in [9.17, 15) is 4.79 Å². The van der Waals surface area contributed by atoms with Gasteiger partial charge in [-0.25, -0.2) is 18.9 Å².